The first kappa shape index (κ1) is 16.0. The second-order valence-corrected chi connectivity index (χ2v) is 5.59. The quantitative estimate of drug-likeness (QED) is 0.938. The van der Waals surface area contributed by atoms with E-state index in [4.69, 9.17) is 4.74 Å². The van der Waals surface area contributed by atoms with Crippen molar-refractivity contribution in [2.24, 2.45) is 0 Å². The highest BCUT2D eigenvalue weighted by Gasteiger charge is 2.21. The minimum atomic E-state index is -0.351. The maximum Gasteiger partial charge on any atom is 0.274 e. The van der Waals surface area contributed by atoms with Gasteiger partial charge in [-0.3, -0.25) is 9.59 Å². The second kappa shape index (κ2) is 7.12. The normalized spacial score (nSPS) is 13.6. The Kier molecular flexibility index (Phi) is 4.74. The summed E-state index contributed by atoms with van der Waals surface area (Å²) in [7, 11) is 1.58. The van der Waals surface area contributed by atoms with Gasteiger partial charge in [0.1, 0.15) is 17.1 Å². The Morgan fingerprint density at radius 3 is 2.38 bits per heavy atom. The minimum absolute atomic E-state index is 0.119. The molecule has 1 aromatic heterocycles. The Bertz CT molecular complexity index is 737. The van der Waals surface area contributed by atoms with Crippen LogP contribution in [0.15, 0.2) is 42.5 Å². The molecule has 3 rings (SSSR count). The summed E-state index contributed by atoms with van der Waals surface area (Å²) in [5.74, 6) is 0.243. The number of nitrogens with one attached hydrogen (secondary N) is 1. The van der Waals surface area contributed by atoms with Crippen molar-refractivity contribution in [3.63, 3.8) is 0 Å². The van der Waals surface area contributed by atoms with Gasteiger partial charge in [-0.1, -0.05) is 6.07 Å². The van der Waals surface area contributed by atoms with Gasteiger partial charge in [0.05, 0.1) is 7.11 Å². The lowest BCUT2D eigenvalue weighted by atomic mass is 10.2. The van der Waals surface area contributed by atoms with E-state index >= 15 is 0 Å². The van der Waals surface area contributed by atoms with Crippen molar-refractivity contribution in [1.82, 2.24) is 9.88 Å². The minimum Gasteiger partial charge on any atom is -0.497 e. The molecular weight excluding hydrogens is 306 g/mol. The van der Waals surface area contributed by atoms with E-state index in [2.05, 4.69) is 10.3 Å². The second-order valence-electron chi connectivity index (χ2n) is 5.59. The first-order valence-electron chi connectivity index (χ1n) is 7.89. The highest BCUT2D eigenvalue weighted by Crippen LogP contribution is 2.16. The lowest BCUT2D eigenvalue weighted by molar-refractivity contribution is 0.0787. The van der Waals surface area contributed by atoms with Crippen LogP contribution in [0.3, 0.4) is 0 Å². The molecule has 0 unspecified atom stereocenters. The molecule has 0 atom stereocenters. The van der Waals surface area contributed by atoms with Crippen LogP contribution in [-0.4, -0.2) is 41.9 Å². The average Bonchev–Trinajstić information content (AvgIpc) is 3.16. The number of benzene rings is 1. The Balaban J connectivity index is 1.72. The number of ether oxygens (including phenoxy) is 1. The molecule has 24 heavy (non-hydrogen) atoms. The number of amides is 2. The molecule has 1 aliphatic heterocycles. The van der Waals surface area contributed by atoms with Crippen LogP contribution < -0.4 is 10.1 Å². The van der Waals surface area contributed by atoms with Gasteiger partial charge < -0.3 is 15.0 Å². The van der Waals surface area contributed by atoms with Gasteiger partial charge in [-0.05, 0) is 49.2 Å². The molecule has 2 aromatic rings. The molecule has 6 nitrogen and oxygen atoms in total. The molecule has 1 saturated heterocycles. The number of aromatic nitrogens is 1. The standard InChI is InChI=1S/C18H19N3O3/c1-24-14-9-7-13(8-10-14)19-17(22)15-5-4-6-16(20-15)18(23)21-11-2-3-12-21/h4-10H,2-3,11-12H2,1H3,(H,19,22). The molecule has 0 aliphatic carbocycles. The molecule has 0 spiro atoms. The zero-order chi connectivity index (χ0) is 16.9. The largest absolute Gasteiger partial charge is 0.497 e. The summed E-state index contributed by atoms with van der Waals surface area (Å²) in [6.45, 7) is 1.51. The van der Waals surface area contributed by atoms with Crippen molar-refractivity contribution >= 4 is 17.5 Å². The summed E-state index contributed by atoms with van der Waals surface area (Å²) < 4.78 is 5.08. The van der Waals surface area contributed by atoms with Gasteiger partial charge in [0.15, 0.2) is 0 Å². The van der Waals surface area contributed by atoms with Crippen molar-refractivity contribution < 1.29 is 14.3 Å². The third kappa shape index (κ3) is 3.53. The zero-order valence-electron chi connectivity index (χ0n) is 13.5. The fraction of sp³-hybridized carbons (Fsp3) is 0.278. The van der Waals surface area contributed by atoms with Gasteiger partial charge in [-0.2, -0.15) is 0 Å². The molecule has 1 aromatic carbocycles. The number of carbonyl (C=O) groups excluding carboxylic acids is 2. The molecule has 124 valence electrons. The number of likely N-dealkylation sites (tertiary alicyclic amines) is 1. The van der Waals surface area contributed by atoms with Crippen molar-refractivity contribution in [3.8, 4) is 5.75 Å². The topological polar surface area (TPSA) is 71.5 Å². The summed E-state index contributed by atoms with van der Waals surface area (Å²) in [6.07, 6.45) is 2.03. The molecule has 1 aliphatic rings. The fourth-order valence-corrected chi connectivity index (χ4v) is 2.63. The van der Waals surface area contributed by atoms with Gasteiger partial charge >= 0.3 is 0 Å². The molecular formula is C18H19N3O3. The van der Waals surface area contributed by atoms with E-state index in [9.17, 15) is 9.59 Å². The maximum atomic E-state index is 12.4. The predicted octanol–water partition coefficient (Wildman–Crippen LogP) is 2.58. The summed E-state index contributed by atoms with van der Waals surface area (Å²) in [6, 6.07) is 11.9. The monoisotopic (exact) mass is 325 g/mol. The number of carbonyl (C=O) groups is 2. The third-order valence-electron chi connectivity index (χ3n) is 3.94. The van der Waals surface area contributed by atoms with Crippen LogP contribution in [-0.2, 0) is 0 Å². The third-order valence-corrected chi connectivity index (χ3v) is 3.94. The van der Waals surface area contributed by atoms with Crippen LogP contribution in [0.1, 0.15) is 33.8 Å². The molecule has 2 amide bonds. The number of rotatable bonds is 4. The van der Waals surface area contributed by atoms with E-state index in [1.54, 1.807) is 54.5 Å². The van der Waals surface area contributed by atoms with Gasteiger partial charge in [0, 0.05) is 18.8 Å². The van der Waals surface area contributed by atoms with Crippen LogP contribution in [0.5, 0.6) is 5.75 Å². The highest BCUT2D eigenvalue weighted by atomic mass is 16.5. The Hall–Kier alpha value is -2.89. The summed E-state index contributed by atoms with van der Waals surface area (Å²) in [4.78, 5) is 30.7. The van der Waals surface area contributed by atoms with E-state index in [-0.39, 0.29) is 17.5 Å². The number of nitrogens with zero attached hydrogens (tertiary/aromatic N) is 2. The molecule has 2 heterocycles. The van der Waals surface area contributed by atoms with Crippen LogP contribution >= 0.6 is 0 Å². The van der Waals surface area contributed by atoms with Gasteiger partial charge in [0.2, 0.25) is 0 Å². The first-order valence-corrected chi connectivity index (χ1v) is 7.89. The maximum absolute atomic E-state index is 12.4. The molecule has 1 N–H and O–H groups in total. The van der Waals surface area contributed by atoms with E-state index in [1.807, 2.05) is 0 Å². The van der Waals surface area contributed by atoms with E-state index < -0.39 is 0 Å². The summed E-state index contributed by atoms with van der Waals surface area (Å²) >= 11 is 0. The van der Waals surface area contributed by atoms with Gasteiger partial charge in [-0.25, -0.2) is 4.98 Å². The van der Waals surface area contributed by atoms with Crippen molar-refractivity contribution in [2.75, 3.05) is 25.5 Å². The van der Waals surface area contributed by atoms with Crippen LogP contribution in [0.25, 0.3) is 0 Å². The fourth-order valence-electron chi connectivity index (χ4n) is 2.63. The molecule has 0 saturated carbocycles. The lowest BCUT2D eigenvalue weighted by Gasteiger charge is -2.14. The first-order chi connectivity index (χ1) is 11.7. The molecule has 6 heteroatoms. The average molecular weight is 325 g/mol. The van der Waals surface area contributed by atoms with Crippen molar-refractivity contribution in [1.29, 1.82) is 0 Å². The Labute approximate surface area is 140 Å². The number of anilines is 1. The van der Waals surface area contributed by atoms with Crippen molar-refractivity contribution in [2.45, 2.75) is 12.8 Å². The zero-order valence-corrected chi connectivity index (χ0v) is 13.5. The van der Waals surface area contributed by atoms with E-state index in [0.29, 0.717) is 17.1 Å². The molecule has 0 bridgehead atoms. The highest BCUT2D eigenvalue weighted by molar-refractivity contribution is 6.03. The predicted molar refractivity (Wildman–Crippen MR) is 90.3 cm³/mol. The summed E-state index contributed by atoms with van der Waals surface area (Å²) in [5.41, 5.74) is 1.16. The van der Waals surface area contributed by atoms with Gasteiger partial charge in [0.25, 0.3) is 11.8 Å². The summed E-state index contributed by atoms with van der Waals surface area (Å²) in [5, 5.41) is 2.76. The SMILES string of the molecule is COc1ccc(NC(=O)c2cccc(C(=O)N3CCCC3)n2)cc1. The number of methoxy groups -OCH3 is 1. The lowest BCUT2D eigenvalue weighted by Crippen LogP contribution is -2.29. The van der Waals surface area contributed by atoms with Crippen LogP contribution in [0.4, 0.5) is 5.69 Å². The smallest absolute Gasteiger partial charge is 0.274 e. The number of hydrogen-bond donors (Lipinski definition) is 1. The number of pyridine rings is 1. The van der Waals surface area contributed by atoms with Crippen molar-refractivity contribution in [3.05, 3.63) is 53.9 Å². The Morgan fingerprint density at radius 2 is 1.71 bits per heavy atom. The van der Waals surface area contributed by atoms with Crippen LogP contribution in [0, 0.1) is 0 Å². The molecule has 0 radical (unpaired) electrons. The molecule has 1 fully saturated rings. The van der Waals surface area contributed by atoms with E-state index in [1.165, 1.54) is 0 Å². The van der Waals surface area contributed by atoms with Gasteiger partial charge in [-0.15, -0.1) is 0 Å². The van der Waals surface area contributed by atoms with Crippen LogP contribution in [0.2, 0.25) is 0 Å². The Morgan fingerprint density at radius 1 is 1.04 bits per heavy atom. The number of hydrogen-bond acceptors (Lipinski definition) is 4. The van der Waals surface area contributed by atoms with E-state index in [0.717, 1.165) is 25.9 Å².